The molecule has 2 rings (SSSR count). The van der Waals surface area contributed by atoms with Crippen LogP contribution in [0, 0.1) is 13.8 Å². The van der Waals surface area contributed by atoms with E-state index in [2.05, 4.69) is 4.90 Å². The molecule has 0 saturated carbocycles. The molecule has 0 radical (unpaired) electrons. The SMILES string of the molecule is Cc1ccc(C(=O)CN2CCC(=O)CC2)cc1C. The van der Waals surface area contributed by atoms with Gasteiger partial charge in [-0.05, 0) is 31.0 Å². The van der Waals surface area contributed by atoms with Crippen LogP contribution in [-0.4, -0.2) is 36.1 Å². The maximum absolute atomic E-state index is 12.1. The molecule has 0 spiro atoms. The summed E-state index contributed by atoms with van der Waals surface area (Å²) in [4.78, 5) is 25.3. The van der Waals surface area contributed by atoms with Crippen molar-refractivity contribution in [3.63, 3.8) is 0 Å². The number of ketones is 2. The highest BCUT2D eigenvalue weighted by Crippen LogP contribution is 2.12. The Bertz CT molecular complexity index is 469. The lowest BCUT2D eigenvalue weighted by Crippen LogP contribution is -2.37. The van der Waals surface area contributed by atoms with Gasteiger partial charge in [-0.15, -0.1) is 0 Å². The van der Waals surface area contributed by atoms with Gasteiger partial charge in [0.25, 0.3) is 0 Å². The van der Waals surface area contributed by atoms with E-state index in [1.165, 1.54) is 5.56 Å². The minimum Gasteiger partial charge on any atom is -0.300 e. The molecule has 1 heterocycles. The number of hydrogen-bond donors (Lipinski definition) is 0. The van der Waals surface area contributed by atoms with Gasteiger partial charge in [-0.1, -0.05) is 12.1 Å². The van der Waals surface area contributed by atoms with Crippen LogP contribution in [0.3, 0.4) is 0 Å². The van der Waals surface area contributed by atoms with E-state index < -0.39 is 0 Å². The van der Waals surface area contributed by atoms with Gasteiger partial charge in [0.05, 0.1) is 6.54 Å². The Morgan fingerprint density at radius 3 is 2.44 bits per heavy atom. The predicted octanol–water partition coefficient (Wildman–Crippen LogP) is 2.15. The molecule has 0 atom stereocenters. The maximum Gasteiger partial charge on any atom is 0.176 e. The zero-order valence-electron chi connectivity index (χ0n) is 11.0. The lowest BCUT2D eigenvalue weighted by atomic mass is 10.0. The summed E-state index contributed by atoms with van der Waals surface area (Å²) in [5.41, 5.74) is 3.12. The van der Waals surface area contributed by atoms with Crippen molar-refractivity contribution in [1.82, 2.24) is 4.90 Å². The Balaban J connectivity index is 1.99. The second-order valence-corrected chi connectivity index (χ2v) is 5.04. The van der Waals surface area contributed by atoms with Gasteiger partial charge in [0.1, 0.15) is 5.78 Å². The number of hydrogen-bond acceptors (Lipinski definition) is 3. The van der Waals surface area contributed by atoms with E-state index in [4.69, 9.17) is 0 Å². The molecule has 1 saturated heterocycles. The van der Waals surface area contributed by atoms with Crippen LogP contribution in [0.5, 0.6) is 0 Å². The standard InChI is InChI=1S/C15H19NO2/c1-11-3-4-13(9-12(11)2)15(18)10-16-7-5-14(17)6-8-16/h3-4,9H,5-8,10H2,1-2H3. The number of benzene rings is 1. The van der Waals surface area contributed by atoms with Crippen molar-refractivity contribution >= 4 is 11.6 Å². The second kappa shape index (κ2) is 5.44. The van der Waals surface area contributed by atoms with Gasteiger partial charge in [-0.2, -0.15) is 0 Å². The number of carbonyl (C=O) groups excluding carboxylic acids is 2. The average Bonchev–Trinajstić information content (AvgIpc) is 2.35. The molecule has 1 aliphatic heterocycles. The van der Waals surface area contributed by atoms with Gasteiger partial charge in [0.2, 0.25) is 0 Å². The van der Waals surface area contributed by atoms with Crippen LogP contribution >= 0.6 is 0 Å². The summed E-state index contributed by atoms with van der Waals surface area (Å²) >= 11 is 0. The first-order valence-electron chi connectivity index (χ1n) is 6.41. The summed E-state index contributed by atoms with van der Waals surface area (Å²) in [7, 11) is 0. The monoisotopic (exact) mass is 245 g/mol. The molecule has 1 aromatic rings. The van der Waals surface area contributed by atoms with E-state index in [-0.39, 0.29) is 5.78 Å². The summed E-state index contributed by atoms with van der Waals surface area (Å²) in [6, 6.07) is 5.83. The topological polar surface area (TPSA) is 37.4 Å². The van der Waals surface area contributed by atoms with Gasteiger partial charge >= 0.3 is 0 Å². The van der Waals surface area contributed by atoms with E-state index in [0.717, 1.165) is 24.2 Å². The van der Waals surface area contributed by atoms with E-state index in [0.29, 0.717) is 25.2 Å². The maximum atomic E-state index is 12.1. The number of aryl methyl sites for hydroxylation is 2. The fraction of sp³-hybridized carbons (Fsp3) is 0.467. The smallest absolute Gasteiger partial charge is 0.176 e. The van der Waals surface area contributed by atoms with E-state index in [1.54, 1.807) is 0 Å². The molecule has 0 amide bonds. The second-order valence-electron chi connectivity index (χ2n) is 5.04. The van der Waals surface area contributed by atoms with Crippen molar-refractivity contribution in [2.24, 2.45) is 0 Å². The van der Waals surface area contributed by atoms with Crippen LogP contribution in [0.15, 0.2) is 18.2 Å². The van der Waals surface area contributed by atoms with E-state index in [1.807, 2.05) is 32.0 Å². The van der Waals surface area contributed by atoms with Crippen LogP contribution in [-0.2, 0) is 4.79 Å². The summed E-state index contributed by atoms with van der Waals surface area (Å²) in [6.45, 7) is 5.92. The molecule has 3 heteroatoms. The third-order valence-corrected chi connectivity index (χ3v) is 3.61. The van der Waals surface area contributed by atoms with Gasteiger partial charge < -0.3 is 0 Å². The highest BCUT2D eigenvalue weighted by atomic mass is 16.1. The third kappa shape index (κ3) is 3.05. The quantitative estimate of drug-likeness (QED) is 0.766. The van der Waals surface area contributed by atoms with Crippen molar-refractivity contribution in [3.05, 3.63) is 34.9 Å². The molecule has 1 aromatic carbocycles. The van der Waals surface area contributed by atoms with Crippen LogP contribution < -0.4 is 0 Å². The van der Waals surface area contributed by atoms with Gasteiger partial charge in [-0.3, -0.25) is 14.5 Å². The zero-order chi connectivity index (χ0) is 13.1. The highest BCUT2D eigenvalue weighted by Gasteiger charge is 2.19. The lowest BCUT2D eigenvalue weighted by molar-refractivity contribution is -0.121. The number of Topliss-reactive ketones (excluding diaryl/α,β-unsaturated/α-hetero) is 2. The Hall–Kier alpha value is -1.48. The van der Waals surface area contributed by atoms with Gasteiger partial charge in [-0.25, -0.2) is 0 Å². The minimum absolute atomic E-state index is 0.146. The molecule has 1 aliphatic rings. The minimum atomic E-state index is 0.146. The van der Waals surface area contributed by atoms with Gasteiger partial charge in [0, 0.05) is 31.5 Å². The normalized spacial score (nSPS) is 16.9. The van der Waals surface area contributed by atoms with Crippen molar-refractivity contribution in [2.75, 3.05) is 19.6 Å². The zero-order valence-corrected chi connectivity index (χ0v) is 11.0. The van der Waals surface area contributed by atoms with Crippen molar-refractivity contribution < 1.29 is 9.59 Å². The molecular formula is C15H19NO2. The molecule has 1 fully saturated rings. The first-order valence-corrected chi connectivity index (χ1v) is 6.41. The number of carbonyl (C=O) groups is 2. The largest absolute Gasteiger partial charge is 0.300 e. The van der Waals surface area contributed by atoms with E-state index >= 15 is 0 Å². The number of piperidine rings is 1. The van der Waals surface area contributed by atoms with Crippen molar-refractivity contribution in [3.8, 4) is 0 Å². The molecular weight excluding hydrogens is 226 g/mol. The molecule has 0 aliphatic carbocycles. The number of nitrogens with zero attached hydrogens (tertiary/aromatic N) is 1. The lowest BCUT2D eigenvalue weighted by Gasteiger charge is -2.24. The summed E-state index contributed by atoms with van der Waals surface area (Å²) in [6.07, 6.45) is 1.17. The Morgan fingerprint density at radius 2 is 1.83 bits per heavy atom. The first-order chi connectivity index (χ1) is 8.56. The first kappa shape index (κ1) is 13.0. The fourth-order valence-electron chi connectivity index (χ4n) is 2.17. The van der Waals surface area contributed by atoms with Gasteiger partial charge in [0.15, 0.2) is 5.78 Å². The summed E-state index contributed by atoms with van der Waals surface area (Å²) in [5, 5.41) is 0. The molecule has 0 unspecified atom stereocenters. The molecule has 3 nitrogen and oxygen atoms in total. The molecule has 0 N–H and O–H groups in total. The third-order valence-electron chi connectivity index (χ3n) is 3.61. The van der Waals surface area contributed by atoms with Crippen LogP contribution in [0.4, 0.5) is 0 Å². The number of rotatable bonds is 3. The Morgan fingerprint density at radius 1 is 1.17 bits per heavy atom. The Labute approximate surface area is 108 Å². The molecule has 18 heavy (non-hydrogen) atoms. The van der Waals surface area contributed by atoms with Crippen LogP contribution in [0.2, 0.25) is 0 Å². The summed E-state index contributed by atoms with van der Waals surface area (Å²) in [5.74, 6) is 0.456. The average molecular weight is 245 g/mol. The number of likely N-dealkylation sites (tertiary alicyclic amines) is 1. The fourth-order valence-corrected chi connectivity index (χ4v) is 2.17. The van der Waals surface area contributed by atoms with Crippen molar-refractivity contribution in [2.45, 2.75) is 26.7 Å². The van der Waals surface area contributed by atoms with Crippen molar-refractivity contribution in [1.29, 1.82) is 0 Å². The molecule has 0 aromatic heterocycles. The van der Waals surface area contributed by atoms with Crippen LogP contribution in [0.1, 0.15) is 34.3 Å². The van der Waals surface area contributed by atoms with Crippen LogP contribution in [0.25, 0.3) is 0 Å². The summed E-state index contributed by atoms with van der Waals surface area (Å²) < 4.78 is 0. The van der Waals surface area contributed by atoms with E-state index in [9.17, 15) is 9.59 Å². The Kier molecular flexibility index (Phi) is 3.92. The molecule has 96 valence electrons. The predicted molar refractivity (Wildman–Crippen MR) is 70.9 cm³/mol. The molecule has 0 bridgehead atoms. The highest BCUT2D eigenvalue weighted by molar-refractivity contribution is 5.98.